The molecule has 0 spiro atoms. The lowest BCUT2D eigenvalue weighted by molar-refractivity contribution is -0.151. The van der Waals surface area contributed by atoms with E-state index >= 15 is 0 Å². The third-order valence-electron chi connectivity index (χ3n) is 7.73. The van der Waals surface area contributed by atoms with Crippen LogP contribution in [-0.2, 0) is 33.9 Å². The van der Waals surface area contributed by atoms with Crippen LogP contribution < -0.4 is 4.74 Å². The van der Waals surface area contributed by atoms with E-state index in [0.717, 1.165) is 27.8 Å². The number of carbonyl (C=O) groups excluding carboxylic acids is 1. The van der Waals surface area contributed by atoms with Gasteiger partial charge in [0.05, 0.1) is 19.6 Å². The molecule has 1 aliphatic heterocycles. The number of ether oxygens (including phenoxy) is 2. The molecule has 0 radical (unpaired) electrons. The summed E-state index contributed by atoms with van der Waals surface area (Å²) in [5.41, 5.74) is 4.43. The SMILES string of the molecule is COc1ccc2c(c1COCC1CCC1)CC(C(=O)O)N(C(=O)C(c1ccccc1)c1ccccc1)C2. The molecule has 6 nitrogen and oxygen atoms in total. The van der Waals surface area contributed by atoms with Gasteiger partial charge in [-0.05, 0) is 47.1 Å². The van der Waals surface area contributed by atoms with Gasteiger partial charge in [-0.15, -0.1) is 0 Å². The predicted molar refractivity (Wildman–Crippen MR) is 140 cm³/mol. The summed E-state index contributed by atoms with van der Waals surface area (Å²) < 4.78 is 11.7. The number of carboxylic acid groups (broad SMARTS) is 1. The molecule has 2 aliphatic rings. The lowest BCUT2D eigenvalue weighted by Crippen LogP contribution is -2.50. The van der Waals surface area contributed by atoms with Crippen LogP contribution in [0.25, 0.3) is 0 Å². The van der Waals surface area contributed by atoms with Crippen LogP contribution in [0.3, 0.4) is 0 Å². The van der Waals surface area contributed by atoms with E-state index in [-0.39, 0.29) is 18.9 Å². The van der Waals surface area contributed by atoms with Crippen molar-refractivity contribution in [3.8, 4) is 5.75 Å². The second-order valence-corrected chi connectivity index (χ2v) is 9.97. The number of nitrogens with zero attached hydrogens (tertiary/aromatic N) is 1. The molecule has 0 saturated heterocycles. The Hall–Kier alpha value is -3.64. The molecule has 1 heterocycles. The van der Waals surface area contributed by atoms with E-state index in [1.807, 2.05) is 72.8 Å². The van der Waals surface area contributed by atoms with Crippen LogP contribution in [0.2, 0.25) is 0 Å². The van der Waals surface area contributed by atoms with E-state index in [1.54, 1.807) is 7.11 Å². The average molecular weight is 500 g/mol. The first kappa shape index (κ1) is 25.0. The Bertz CT molecular complexity index is 1200. The highest BCUT2D eigenvalue weighted by Crippen LogP contribution is 2.36. The Morgan fingerprint density at radius 1 is 0.973 bits per heavy atom. The van der Waals surface area contributed by atoms with Crippen LogP contribution >= 0.6 is 0 Å². The van der Waals surface area contributed by atoms with Crippen molar-refractivity contribution < 1.29 is 24.2 Å². The Morgan fingerprint density at radius 2 is 1.62 bits per heavy atom. The van der Waals surface area contributed by atoms with Crippen LogP contribution in [0.5, 0.6) is 5.75 Å². The minimum absolute atomic E-state index is 0.214. The molecule has 37 heavy (non-hydrogen) atoms. The topological polar surface area (TPSA) is 76.1 Å². The van der Waals surface area contributed by atoms with Crippen LogP contribution in [0.15, 0.2) is 72.8 Å². The van der Waals surface area contributed by atoms with E-state index in [4.69, 9.17) is 9.47 Å². The number of aliphatic carboxylic acids is 1. The monoisotopic (exact) mass is 499 g/mol. The van der Waals surface area contributed by atoms with Crippen molar-refractivity contribution in [3.63, 3.8) is 0 Å². The zero-order chi connectivity index (χ0) is 25.8. The highest BCUT2D eigenvalue weighted by molar-refractivity contribution is 5.91. The maximum absolute atomic E-state index is 14.1. The molecule has 1 unspecified atom stereocenters. The molecule has 192 valence electrons. The summed E-state index contributed by atoms with van der Waals surface area (Å²) in [6.45, 7) is 1.30. The number of methoxy groups -OCH3 is 1. The van der Waals surface area contributed by atoms with E-state index in [2.05, 4.69) is 0 Å². The number of amides is 1. The first-order valence-corrected chi connectivity index (χ1v) is 13.0. The molecule has 0 bridgehead atoms. The zero-order valence-corrected chi connectivity index (χ0v) is 21.1. The van der Waals surface area contributed by atoms with Gasteiger partial charge in [0.2, 0.25) is 5.91 Å². The molecule has 0 aromatic heterocycles. The number of fused-ring (bicyclic) bond motifs is 1. The van der Waals surface area contributed by atoms with E-state index in [0.29, 0.717) is 24.9 Å². The van der Waals surface area contributed by atoms with Gasteiger partial charge < -0.3 is 19.5 Å². The van der Waals surface area contributed by atoms with Crippen molar-refractivity contribution in [2.24, 2.45) is 5.92 Å². The van der Waals surface area contributed by atoms with Gasteiger partial charge in [-0.2, -0.15) is 0 Å². The zero-order valence-electron chi connectivity index (χ0n) is 21.1. The summed E-state index contributed by atoms with van der Waals surface area (Å²) in [5, 5.41) is 10.3. The minimum atomic E-state index is -1.01. The summed E-state index contributed by atoms with van der Waals surface area (Å²) >= 11 is 0. The first-order valence-electron chi connectivity index (χ1n) is 13.0. The second-order valence-electron chi connectivity index (χ2n) is 9.97. The molecular formula is C31H33NO5. The number of benzene rings is 3. The van der Waals surface area contributed by atoms with Gasteiger partial charge in [-0.1, -0.05) is 73.2 Å². The van der Waals surface area contributed by atoms with E-state index in [9.17, 15) is 14.7 Å². The minimum Gasteiger partial charge on any atom is -0.496 e. The van der Waals surface area contributed by atoms with Crippen LogP contribution in [0.4, 0.5) is 0 Å². The lowest BCUT2D eigenvalue weighted by Gasteiger charge is -2.38. The summed E-state index contributed by atoms with van der Waals surface area (Å²) in [4.78, 5) is 28.2. The summed E-state index contributed by atoms with van der Waals surface area (Å²) in [6, 6.07) is 22.0. The molecular weight excluding hydrogens is 466 g/mol. The van der Waals surface area contributed by atoms with Crippen molar-refractivity contribution in [2.75, 3.05) is 13.7 Å². The summed E-state index contributed by atoms with van der Waals surface area (Å²) in [7, 11) is 1.62. The third kappa shape index (κ3) is 5.25. The van der Waals surface area contributed by atoms with Gasteiger partial charge in [0.1, 0.15) is 11.8 Å². The fraction of sp³-hybridized carbons (Fsp3) is 0.355. The number of carboxylic acids is 1. The fourth-order valence-electron chi connectivity index (χ4n) is 5.44. The average Bonchev–Trinajstić information content (AvgIpc) is 2.90. The molecule has 1 fully saturated rings. The maximum atomic E-state index is 14.1. The standard InChI is InChI=1S/C31H33NO5/c1-36-28-16-15-24-18-32(27(31(34)35)17-25(24)26(28)20-37-19-21-9-8-10-21)30(33)29(22-11-4-2-5-12-22)23-13-6-3-7-14-23/h2-7,11-16,21,27,29H,8-10,17-20H2,1H3,(H,34,35). The van der Waals surface area contributed by atoms with E-state index < -0.39 is 17.9 Å². The molecule has 6 heteroatoms. The van der Waals surface area contributed by atoms with Crippen molar-refractivity contribution in [1.82, 2.24) is 4.90 Å². The van der Waals surface area contributed by atoms with Gasteiger partial charge in [0, 0.05) is 25.1 Å². The quantitative estimate of drug-likeness (QED) is 0.439. The van der Waals surface area contributed by atoms with Crippen molar-refractivity contribution >= 4 is 11.9 Å². The molecule has 1 N–H and O–H groups in total. The Labute approximate surface area is 217 Å². The van der Waals surface area contributed by atoms with Crippen molar-refractivity contribution in [1.29, 1.82) is 0 Å². The Morgan fingerprint density at radius 3 is 2.16 bits per heavy atom. The second kappa shape index (κ2) is 11.2. The van der Waals surface area contributed by atoms with Gasteiger partial charge in [0.15, 0.2) is 0 Å². The number of carbonyl (C=O) groups is 2. The number of hydrogen-bond acceptors (Lipinski definition) is 4. The van der Waals surface area contributed by atoms with Crippen LogP contribution in [0, 0.1) is 5.92 Å². The molecule has 1 saturated carbocycles. The van der Waals surface area contributed by atoms with Crippen molar-refractivity contribution in [2.45, 2.75) is 50.8 Å². The lowest BCUT2D eigenvalue weighted by atomic mass is 9.85. The van der Waals surface area contributed by atoms with Gasteiger partial charge in [-0.3, -0.25) is 4.79 Å². The normalized spacial score (nSPS) is 17.2. The predicted octanol–water partition coefficient (Wildman–Crippen LogP) is 5.18. The van der Waals surface area contributed by atoms with Crippen molar-refractivity contribution in [3.05, 3.63) is 101 Å². The largest absolute Gasteiger partial charge is 0.496 e. The first-order chi connectivity index (χ1) is 18.1. The number of rotatable bonds is 9. The third-order valence-corrected chi connectivity index (χ3v) is 7.73. The van der Waals surface area contributed by atoms with Gasteiger partial charge in [0.25, 0.3) is 0 Å². The molecule has 3 aromatic carbocycles. The molecule has 1 amide bonds. The molecule has 1 aliphatic carbocycles. The highest BCUT2D eigenvalue weighted by atomic mass is 16.5. The molecule has 1 atom stereocenters. The molecule has 3 aromatic rings. The highest BCUT2D eigenvalue weighted by Gasteiger charge is 2.39. The Balaban J connectivity index is 1.48. The van der Waals surface area contributed by atoms with E-state index in [1.165, 1.54) is 24.2 Å². The summed E-state index contributed by atoms with van der Waals surface area (Å²) in [5.74, 6) is -0.507. The number of hydrogen-bond donors (Lipinski definition) is 1. The van der Waals surface area contributed by atoms with Gasteiger partial charge >= 0.3 is 5.97 Å². The van der Waals surface area contributed by atoms with Crippen LogP contribution in [-0.4, -0.2) is 41.6 Å². The van der Waals surface area contributed by atoms with Crippen LogP contribution in [0.1, 0.15) is 53.0 Å². The van der Waals surface area contributed by atoms with Gasteiger partial charge in [-0.25, -0.2) is 4.79 Å². The summed E-state index contributed by atoms with van der Waals surface area (Å²) in [6.07, 6.45) is 3.87. The maximum Gasteiger partial charge on any atom is 0.326 e. The Kier molecular flexibility index (Phi) is 7.56. The fourth-order valence-corrected chi connectivity index (χ4v) is 5.44. The smallest absolute Gasteiger partial charge is 0.326 e. The molecule has 5 rings (SSSR count).